The zero-order valence-corrected chi connectivity index (χ0v) is 18.6. The van der Waals surface area contributed by atoms with Gasteiger partial charge < -0.3 is 19.9 Å². The maximum absolute atomic E-state index is 14.2. The lowest BCUT2D eigenvalue weighted by Gasteiger charge is -2.41. The monoisotopic (exact) mass is 431 g/mol. The summed E-state index contributed by atoms with van der Waals surface area (Å²) in [6, 6.07) is 15.9. The van der Waals surface area contributed by atoms with Crippen LogP contribution in [0.3, 0.4) is 0 Å². The van der Waals surface area contributed by atoms with Crippen molar-refractivity contribution in [3.8, 4) is 22.6 Å². The highest BCUT2D eigenvalue weighted by molar-refractivity contribution is 5.90. The van der Waals surface area contributed by atoms with Crippen LogP contribution in [0.4, 0.5) is 10.1 Å². The summed E-state index contributed by atoms with van der Waals surface area (Å²) in [6.45, 7) is 6.23. The van der Waals surface area contributed by atoms with E-state index in [2.05, 4.69) is 25.2 Å². The SMILES string of the molecule is COc1ccccc1CC1(O)Oc2ccc(F)cc2-c2ccc3c(c21)C(C)=CC(C)(C)N3. The minimum atomic E-state index is -1.67. The fourth-order valence-electron chi connectivity index (χ4n) is 5.01. The number of aliphatic hydroxyl groups is 1. The molecule has 0 amide bonds. The summed E-state index contributed by atoms with van der Waals surface area (Å²) in [5.41, 5.74) is 5.44. The number of allylic oxidation sites excluding steroid dienone is 1. The van der Waals surface area contributed by atoms with Crippen molar-refractivity contribution in [1.82, 2.24) is 0 Å². The van der Waals surface area contributed by atoms with Crippen molar-refractivity contribution in [2.45, 2.75) is 38.5 Å². The number of nitrogens with one attached hydrogen (secondary N) is 1. The first-order valence-electron chi connectivity index (χ1n) is 10.7. The number of hydrogen-bond donors (Lipinski definition) is 2. The molecular weight excluding hydrogens is 405 g/mol. The summed E-state index contributed by atoms with van der Waals surface area (Å²) in [7, 11) is 1.61. The van der Waals surface area contributed by atoms with Crippen molar-refractivity contribution < 1.29 is 19.0 Å². The zero-order chi connectivity index (χ0) is 22.7. The van der Waals surface area contributed by atoms with Crippen molar-refractivity contribution in [3.05, 3.63) is 83.2 Å². The third kappa shape index (κ3) is 3.24. The molecule has 0 bridgehead atoms. The molecule has 2 heterocycles. The number of anilines is 1. The number of para-hydroxylation sites is 1. The molecular formula is C27H26FNO3. The molecule has 32 heavy (non-hydrogen) atoms. The molecule has 0 saturated carbocycles. The third-order valence-electron chi connectivity index (χ3n) is 6.16. The van der Waals surface area contributed by atoms with Crippen LogP contribution in [-0.4, -0.2) is 17.8 Å². The Morgan fingerprint density at radius 1 is 1.06 bits per heavy atom. The number of fused-ring (bicyclic) bond motifs is 5. The standard InChI is InChI=1S/C27H26FNO3/c1-16-14-26(2,3)29-21-11-10-19-20-13-18(28)9-12-23(20)32-27(30,25(19)24(16)21)15-17-7-5-6-8-22(17)31-4/h5-14,29-30H,15H2,1-4H3. The van der Waals surface area contributed by atoms with Gasteiger partial charge in [-0.05, 0) is 62.2 Å². The molecule has 4 nitrogen and oxygen atoms in total. The molecule has 2 aliphatic rings. The quantitative estimate of drug-likeness (QED) is 0.543. The summed E-state index contributed by atoms with van der Waals surface area (Å²) in [6.07, 6.45) is 2.31. The Morgan fingerprint density at radius 2 is 1.84 bits per heavy atom. The maximum Gasteiger partial charge on any atom is 0.240 e. The Balaban J connectivity index is 1.78. The Labute approximate surface area is 187 Å². The average Bonchev–Trinajstić information content (AvgIpc) is 2.73. The summed E-state index contributed by atoms with van der Waals surface area (Å²) in [5.74, 6) is -0.898. The van der Waals surface area contributed by atoms with Gasteiger partial charge in [0.1, 0.15) is 17.3 Å². The molecule has 0 aromatic heterocycles. The molecule has 0 saturated heterocycles. The summed E-state index contributed by atoms with van der Waals surface area (Å²) in [5, 5.41) is 15.6. The number of ether oxygens (including phenoxy) is 2. The zero-order valence-electron chi connectivity index (χ0n) is 18.6. The lowest BCUT2D eigenvalue weighted by atomic mass is 9.79. The lowest BCUT2D eigenvalue weighted by molar-refractivity contribution is -0.146. The van der Waals surface area contributed by atoms with Crippen LogP contribution in [0, 0.1) is 5.82 Å². The van der Waals surface area contributed by atoms with E-state index in [-0.39, 0.29) is 17.8 Å². The van der Waals surface area contributed by atoms with Crippen LogP contribution in [0.1, 0.15) is 37.5 Å². The van der Waals surface area contributed by atoms with Crippen LogP contribution in [0.25, 0.3) is 16.7 Å². The highest BCUT2D eigenvalue weighted by Crippen LogP contribution is 2.51. The Bertz CT molecular complexity index is 1260. The predicted octanol–water partition coefficient (Wildman–Crippen LogP) is 5.89. The van der Waals surface area contributed by atoms with Crippen LogP contribution < -0.4 is 14.8 Å². The van der Waals surface area contributed by atoms with E-state index in [1.165, 1.54) is 12.1 Å². The topological polar surface area (TPSA) is 50.7 Å². The van der Waals surface area contributed by atoms with Gasteiger partial charge in [0.25, 0.3) is 0 Å². The molecule has 0 fully saturated rings. The van der Waals surface area contributed by atoms with Gasteiger partial charge >= 0.3 is 0 Å². The summed E-state index contributed by atoms with van der Waals surface area (Å²) >= 11 is 0. The van der Waals surface area contributed by atoms with Crippen molar-refractivity contribution in [2.75, 3.05) is 12.4 Å². The lowest BCUT2D eigenvalue weighted by Crippen LogP contribution is -2.41. The second-order valence-corrected chi connectivity index (χ2v) is 9.10. The van der Waals surface area contributed by atoms with E-state index in [0.717, 1.165) is 28.0 Å². The van der Waals surface area contributed by atoms with Crippen LogP contribution >= 0.6 is 0 Å². The first-order valence-corrected chi connectivity index (χ1v) is 10.7. The number of halogens is 1. The number of benzene rings is 3. The van der Waals surface area contributed by atoms with Gasteiger partial charge in [0, 0.05) is 34.4 Å². The van der Waals surface area contributed by atoms with Crippen molar-refractivity contribution in [1.29, 1.82) is 0 Å². The number of hydrogen-bond acceptors (Lipinski definition) is 4. The van der Waals surface area contributed by atoms with Gasteiger partial charge in [0.05, 0.1) is 12.6 Å². The van der Waals surface area contributed by atoms with E-state index >= 15 is 0 Å². The van der Waals surface area contributed by atoms with Crippen LogP contribution in [0.5, 0.6) is 11.5 Å². The fraction of sp³-hybridized carbons (Fsp3) is 0.259. The van der Waals surface area contributed by atoms with Gasteiger partial charge in [-0.2, -0.15) is 0 Å². The van der Waals surface area contributed by atoms with Crippen molar-refractivity contribution in [3.63, 3.8) is 0 Å². The minimum absolute atomic E-state index is 0.175. The van der Waals surface area contributed by atoms with Crippen molar-refractivity contribution in [2.24, 2.45) is 0 Å². The molecule has 1 atom stereocenters. The van der Waals surface area contributed by atoms with Gasteiger partial charge in [-0.25, -0.2) is 4.39 Å². The van der Waals surface area contributed by atoms with E-state index < -0.39 is 5.79 Å². The highest BCUT2D eigenvalue weighted by atomic mass is 19.1. The largest absolute Gasteiger partial charge is 0.496 e. The Kier molecular flexibility index (Phi) is 4.57. The van der Waals surface area contributed by atoms with Gasteiger partial charge in [-0.3, -0.25) is 0 Å². The molecule has 1 unspecified atom stereocenters. The molecule has 3 aromatic rings. The van der Waals surface area contributed by atoms with Crippen LogP contribution in [-0.2, 0) is 12.2 Å². The normalized spacial score (nSPS) is 20.1. The smallest absolute Gasteiger partial charge is 0.240 e. The minimum Gasteiger partial charge on any atom is -0.496 e. The Morgan fingerprint density at radius 3 is 2.62 bits per heavy atom. The number of methoxy groups -OCH3 is 1. The number of rotatable bonds is 3. The molecule has 2 aliphatic heterocycles. The van der Waals surface area contributed by atoms with E-state index in [1.54, 1.807) is 13.2 Å². The second-order valence-electron chi connectivity index (χ2n) is 9.10. The first kappa shape index (κ1) is 20.6. The first-order chi connectivity index (χ1) is 15.2. The average molecular weight is 432 g/mol. The van der Waals surface area contributed by atoms with E-state index in [1.807, 2.05) is 43.3 Å². The molecule has 164 valence electrons. The molecule has 0 radical (unpaired) electrons. The maximum atomic E-state index is 14.2. The fourth-order valence-corrected chi connectivity index (χ4v) is 5.01. The Hall–Kier alpha value is -3.31. The molecule has 5 rings (SSSR count). The summed E-state index contributed by atoms with van der Waals surface area (Å²) < 4.78 is 26.0. The summed E-state index contributed by atoms with van der Waals surface area (Å²) in [4.78, 5) is 0. The molecule has 5 heteroatoms. The third-order valence-corrected chi connectivity index (χ3v) is 6.16. The van der Waals surface area contributed by atoms with Gasteiger partial charge in [-0.1, -0.05) is 30.3 Å². The van der Waals surface area contributed by atoms with Crippen LogP contribution in [0.15, 0.2) is 60.7 Å². The van der Waals surface area contributed by atoms with Gasteiger partial charge in [-0.15, -0.1) is 0 Å². The molecule has 0 spiro atoms. The van der Waals surface area contributed by atoms with E-state index in [0.29, 0.717) is 22.6 Å². The van der Waals surface area contributed by atoms with Crippen molar-refractivity contribution >= 4 is 11.3 Å². The van der Waals surface area contributed by atoms with E-state index in [4.69, 9.17) is 9.47 Å². The highest BCUT2D eigenvalue weighted by Gasteiger charge is 2.44. The second kappa shape index (κ2) is 7.10. The van der Waals surface area contributed by atoms with Gasteiger partial charge in [0.2, 0.25) is 5.79 Å². The molecule has 3 aromatic carbocycles. The molecule has 2 N–H and O–H groups in total. The molecule has 0 aliphatic carbocycles. The predicted molar refractivity (Wildman–Crippen MR) is 124 cm³/mol. The van der Waals surface area contributed by atoms with Gasteiger partial charge in [0.15, 0.2) is 0 Å². The van der Waals surface area contributed by atoms with Crippen LogP contribution in [0.2, 0.25) is 0 Å². The van der Waals surface area contributed by atoms with E-state index in [9.17, 15) is 9.50 Å².